The van der Waals surface area contributed by atoms with Gasteiger partial charge < -0.3 is 10.6 Å². The van der Waals surface area contributed by atoms with E-state index < -0.39 is 0 Å². The number of aromatic nitrogens is 4. The van der Waals surface area contributed by atoms with Crippen LogP contribution in [-0.4, -0.2) is 20.2 Å². The van der Waals surface area contributed by atoms with Gasteiger partial charge in [-0.25, -0.2) is 4.98 Å². The van der Waals surface area contributed by atoms with Crippen molar-refractivity contribution in [2.75, 3.05) is 10.6 Å². The maximum absolute atomic E-state index is 4.47. The SMILES string of the molecule is Cc1ccc(Nc2nc(C)cc(Nc3cc(C)[nH]n3)n2)cc1. The second-order valence-corrected chi connectivity index (χ2v) is 5.27. The first-order chi connectivity index (χ1) is 10.6. The highest BCUT2D eigenvalue weighted by Gasteiger charge is 2.05. The van der Waals surface area contributed by atoms with Crippen molar-refractivity contribution in [2.45, 2.75) is 20.8 Å². The van der Waals surface area contributed by atoms with Gasteiger partial charge in [0.05, 0.1) is 0 Å². The van der Waals surface area contributed by atoms with Gasteiger partial charge >= 0.3 is 0 Å². The first-order valence-electron chi connectivity index (χ1n) is 7.07. The summed E-state index contributed by atoms with van der Waals surface area (Å²) in [5.74, 6) is 1.99. The Kier molecular flexibility index (Phi) is 3.74. The smallest absolute Gasteiger partial charge is 0.229 e. The Morgan fingerprint density at radius 2 is 1.64 bits per heavy atom. The van der Waals surface area contributed by atoms with Crippen LogP contribution in [0, 0.1) is 20.8 Å². The van der Waals surface area contributed by atoms with Gasteiger partial charge in [-0.1, -0.05) is 17.7 Å². The Morgan fingerprint density at radius 1 is 0.864 bits per heavy atom. The summed E-state index contributed by atoms with van der Waals surface area (Å²) in [5, 5.41) is 13.4. The maximum Gasteiger partial charge on any atom is 0.229 e. The van der Waals surface area contributed by atoms with Crippen molar-refractivity contribution in [3.05, 3.63) is 53.3 Å². The monoisotopic (exact) mass is 294 g/mol. The fourth-order valence-corrected chi connectivity index (χ4v) is 2.07. The molecule has 3 aromatic rings. The Balaban J connectivity index is 1.81. The standard InChI is InChI=1S/C16H18N6/c1-10-4-6-13(7-5-10)18-16-17-11(2)8-14(20-16)19-15-9-12(3)21-22-15/h4-9H,1-3H3,(H3,17,18,19,20,21,22). The van der Waals surface area contributed by atoms with Crippen LogP contribution < -0.4 is 10.6 Å². The van der Waals surface area contributed by atoms with Gasteiger partial charge in [-0.15, -0.1) is 0 Å². The number of benzene rings is 1. The summed E-state index contributed by atoms with van der Waals surface area (Å²) in [4.78, 5) is 8.88. The molecule has 0 aliphatic carbocycles. The van der Waals surface area contributed by atoms with Gasteiger partial charge in [0, 0.05) is 29.2 Å². The van der Waals surface area contributed by atoms with Crippen LogP contribution in [0.3, 0.4) is 0 Å². The minimum atomic E-state index is 0.554. The van der Waals surface area contributed by atoms with E-state index in [1.165, 1.54) is 5.56 Å². The third-order valence-electron chi connectivity index (χ3n) is 3.12. The summed E-state index contributed by atoms with van der Waals surface area (Å²) in [6.45, 7) is 5.94. The Hall–Kier alpha value is -2.89. The maximum atomic E-state index is 4.47. The molecule has 0 saturated carbocycles. The van der Waals surface area contributed by atoms with E-state index >= 15 is 0 Å². The number of hydrogen-bond acceptors (Lipinski definition) is 5. The van der Waals surface area contributed by atoms with Crippen molar-refractivity contribution in [1.29, 1.82) is 0 Å². The fourth-order valence-electron chi connectivity index (χ4n) is 2.07. The Labute approximate surface area is 129 Å². The van der Waals surface area contributed by atoms with E-state index in [0.29, 0.717) is 11.8 Å². The average Bonchev–Trinajstić information content (AvgIpc) is 2.86. The van der Waals surface area contributed by atoms with Crippen LogP contribution in [0.2, 0.25) is 0 Å². The molecule has 0 amide bonds. The molecule has 6 heteroatoms. The second kappa shape index (κ2) is 5.85. The van der Waals surface area contributed by atoms with E-state index in [9.17, 15) is 0 Å². The number of nitrogens with one attached hydrogen (secondary N) is 3. The van der Waals surface area contributed by atoms with Crippen LogP contribution in [0.5, 0.6) is 0 Å². The average molecular weight is 294 g/mol. The van der Waals surface area contributed by atoms with Crippen molar-refractivity contribution >= 4 is 23.3 Å². The number of hydrogen-bond donors (Lipinski definition) is 3. The summed E-state index contributed by atoms with van der Waals surface area (Å²) in [7, 11) is 0. The second-order valence-electron chi connectivity index (χ2n) is 5.27. The molecule has 0 aliphatic heterocycles. The topological polar surface area (TPSA) is 78.5 Å². The molecule has 0 aliphatic rings. The number of rotatable bonds is 4. The molecule has 0 bridgehead atoms. The minimum absolute atomic E-state index is 0.554. The molecule has 3 rings (SSSR count). The van der Waals surface area contributed by atoms with Crippen molar-refractivity contribution in [3.8, 4) is 0 Å². The number of aryl methyl sites for hydroxylation is 3. The Bertz CT molecular complexity index is 776. The third-order valence-corrected chi connectivity index (χ3v) is 3.12. The van der Waals surface area contributed by atoms with Crippen molar-refractivity contribution in [2.24, 2.45) is 0 Å². The van der Waals surface area contributed by atoms with Crippen LogP contribution in [0.1, 0.15) is 17.0 Å². The van der Waals surface area contributed by atoms with Crippen LogP contribution in [-0.2, 0) is 0 Å². The molecule has 2 aromatic heterocycles. The number of aromatic amines is 1. The Morgan fingerprint density at radius 3 is 2.32 bits per heavy atom. The van der Waals surface area contributed by atoms with Crippen LogP contribution in [0.25, 0.3) is 0 Å². The summed E-state index contributed by atoms with van der Waals surface area (Å²) < 4.78 is 0. The van der Waals surface area contributed by atoms with Gasteiger partial charge in [-0.2, -0.15) is 10.1 Å². The van der Waals surface area contributed by atoms with Gasteiger partial charge in [0.1, 0.15) is 5.82 Å². The zero-order chi connectivity index (χ0) is 15.5. The number of nitrogens with zero attached hydrogens (tertiary/aromatic N) is 3. The molecule has 0 unspecified atom stereocenters. The lowest BCUT2D eigenvalue weighted by Gasteiger charge is -2.09. The number of anilines is 4. The van der Waals surface area contributed by atoms with E-state index in [2.05, 4.69) is 37.7 Å². The molecule has 6 nitrogen and oxygen atoms in total. The van der Waals surface area contributed by atoms with Crippen molar-refractivity contribution in [1.82, 2.24) is 20.2 Å². The van der Waals surface area contributed by atoms with Gasteiger partial charge in [0.15, 0.2) is 5.82 Å². The van der Waals surface area contributed by atoms with Gasteiger partial charge in [-0.3, -0.25) is 5.10 Å². The molecule has 22 heavy (non-hydrogen) atoms. The largest absolute Gasteiger partial charge is 0.324 e. The van der Waals surface area contributed by atoms with Crippen molar-refractivity contribution in [3.63, 3.8) is 0 Å². The summed E-state index contributed by atoms with van der Waals surface area (Å²) in [5.41, 5.74) is 4.04. The quantitative estimate of drug-likeness (QED) is 0.685. The lowest BCUT2D eigenvalue weighted by atomic mass is 10.2. The molecule has 0 radical (unpaired) electrons. The molecule has 112 valence electrons. The molecule has 2 heterocycles. The molecule has 0 saturated heterocycles. The lowest BCUT2D eigenvalue weighted by Crippen LogP contribution is -2.02. The highest BCUT2D eigenvalue weighted by molar-refractivity contribution is 5.58. The van der Waals surface area contributed by atoms with E-state index in [1.807, 2.05) is 50.2 Å². The molecular formula is C16H18N6. The van der Waals surface area contributed by atoms with Gasteiger partial charge in [-0.05, 0) is 32.9 Å². The van der Waals surface area contributed by atoms with Gasteiger partial charge in [0.2, 0.25) is 5.95 Å². The summed E-state index contributed by atoms with van der Waals surface area (Å²) in [6.07, 6.45) is 0. The van der Waals surface area contributed by atoms with Gasteiger partial charge in [0.25, 0.3) is 0 Å². The predicted octanol–water partition coefficient (Wildman–Crippen LogP) is 3.61. The molecule has 3 N–H and O–H groups in total. The van der Waals surface area contributed by atoms with E-state index in [1.54, 1.807) is 0 Å². The van der Waals surface area contributed by atoms with E-state index in [0.717, 1.165) is 22.9 Å². The molecule has 0 fully saturated rings. The highest BCUT2D eigenvalue weighted by atomic mass is 15.2. The first-order valence-corrected chi connectivity index (χ1v) is 7.07. The zero-order valence-corrected chi connectivity index (χ0v) is 12.8. The predicted molar refractivity (Wildman–Crippen MR) is 87.8 cm³/mol. The molecule has 0 atom stereocenters. The minimum Gasteiger partial charge on any atom is -0.324 e. The fraction of sp³-hybridized carbons (Fsp3) is 0.188. The summed E-state index contributed by atoms with van der Waals surface area (Å²) in [6, 6.07) is 11.9. The normalized spacial score (nSPS) is 10.5. The van der Waals surface area contributed by atoms with Crippen LogP contribution in [0.4, 0.5) is 23.3 Å². The molecular weight excluding hydrogens is 276 g/mol. The zero-order valence-electron chi connectivity index (χ0n) is 12.8. The first kappa shape index (κ1) is 14.1. The van der Waals surface area contributed by atoms with Crippen molar-refractivity contribution < 1.29 is 0 Å². The highest BCUT2D eigenvalue weighted by Crippen LogP contribution is 2.18. The van der Waals surface area contributed by atoms with E-state index in [4.69, 9.17) is 0 Å². The lowest BCUT2D eigenvalue weighted by molar-refractivity contribution is 1.04. The van der Waals surface area contributed by atoms with Crippen LogP contribution in [0.15, 0.2) is 36.4 Å². The third kappa shape index (κ3) is 3.41. The molecule has 0 spiro atoms. The van der Waals surface area contributed by atoms with Crippen LogP contribution >= 0.6 is 0 Å². The summed E-state index contributed by atoms with van der Waals surface area (Å²) >= 11 is 0. The number of H-pyrrole nitrogens is 1. The molecule has 1 aromatic carbocycles. The van der Waals surface area contributed by atoms with E-state index in [-0.39, 0.29) is 0 Å².